The molecule has 1 fully saturated rings. The molecule has 20 heavy (non-hydrogen) atoms. The van der Waals surface area contributed by atoms with Gasteiger partial charge < -0.3 is 20.7 Å². The quantitative estimate of drug-likeness (QED) is 0.824. The summed E-state index contributed by atoms with van der Waals surface area (Å²) in [5.41, 5.74) is 7.89. The highest BCUT2D eigenvalue weighted by molar-refractivity contribution is 6.00. The van der Waals surface area contributed by atoms with Gasteiger partial charge in [-0.2, -0.15) is 0 Å². The van der Waals surface area contributed by atoms with E-state index in [0.717, 1.165) is 18.5 Å². The lowest BCUT2D eigenvalue weighted by Crippen LogP contribution is -2.41. The predicted molar refractivity (Wildman–Crippen MR) is 81.1 cm³/mol. The zero-order valence-corrected chi connectivity index (χ0v) is 12.3. The number of carbonyl (C=O) groups excluding carboxylic acids is 1. The second-order valence-electron chi connectivity index (χ2n) is 5.55. The van der Waals surface area contributed by atoms with Gasteiger partial charge in [0.25, 0.3) is 5.91 Å². The molecule has 0 bridgehead atoms. The highest BCUT2D eigenvalue weighted by atomic mass is 16.5. The maximum Gasteiger partial charge on any atom is 0.253 e. The molecular formula is C15H23N3O2. The Labute approximate surface area is 120 Å². The Kier molecular flexibility index (Phi) is 4.49. The number of nitrogens with zero attached hydrogens (tertiary/aromatic N) is 1. The van der Waals surface area contributed by atoms with Crippen LogP contribution in [0.25, 0.3) is 0 Å². The van der Waals surface area contributed by atoms with Crippen LogP contribution >= 0.6 is 0 Å². The average molecular weight is 277 g/mol. The molecular weight excluding hydrogens is 254 g/mol. The summed E-state index contributed by atoms with van der Waals surface area (Å²) in [7, 11) is 3.83. The number of amides is 1. The van der Waals surface area contributed by atoms with Crippen molar-refractivity contribution in [2.75, 3.05) is 31.3 Å². The molecule has 2 unspecified atom stereocenters. The SMILES string of the molecule is CC1CC(NC(=O)c2cc(N)ccc2N(C)C)CCO1. The summed E-state index contributed by atoms with van der Waals surface area (Å²) in [5, 5.41) is 3.09. The number of hydrogen-bond acceptors (Lipinski definition) is 4. The molecule has 3 N–H and O–H groups in total. The van der Waals surface area contributed by atoms with Crippen molar-refractivity contribution in [3.63, 3.8) is 0 Å². The van der Waals surface area contributed by atoms with Crippen LogP contribution in [-0.4, -0.2) is 38.8 Å². The van der Waals surface area contributed by atoms with Crippen molar-refractivity contribution >= 4 is 17.3 Å². The van der Waals surface area contributed by atoms with Crippen molar-refractivity contribution in [3.8, 4) is 0 Å². The minimum atomic E-state index is -0.0694. The highest BCUT2D eigenvalue weighted by Crippen LogP contribution is 2.22. The Morgan fingerprint density at radius 2 is 2.20 bits per heavy atom. The summed E-state index contributed by atoms with van der Waals surface area (Å²) in [5.74, 6) is -0.0694. The smallest absolute Gasteiger partial charge is 0.253 e. The Morgan fingerprint density at radius 3 is 2.85 bits per heavy atom. The molecule has 5 nitrogen and oxygen atoms in total. The number of ether oxygens (including phenoxy) is 1. The number of anilines is 2. The lowest BCUT2D eigenvalue weighted by atomic mass is 10.0. The summed E-state index contributed by atoms with van der Waals surface area (Å²) in [4.78, 5) is 14.4. The van der Waals surface area contributed by atoms with Gasteiger partial charge in [-0.05, 0) is 38.0 Å². The van der Waals surface area contributed by atoms with Crippen molar-refractivity contribution in [1.29, 1.82) is 0 Å². The second-order valence-corrected chi connectivity index (χ2v) is 5.55. The van der Waals surface area contributed by atoms with Crippen molar-refractivity contribution < 1.29 is 9.53 Å². The number of benzene rings is 1. The summed E-state index contributed by atoms with van der Waals surface area (Å²) in [6.45, 7) is 2.73. The Balaban J connectivity index is 2.14. The van der Waals surface area contributed by atoms with E-state index < -0.39 is 0 Å². The minimum Gasteiger partial charge on any atom is -0.399 e. The number of rotatable bonds is 3. The molecule has 0 aromatic heterocycles. The van der Waals surface area contributed by atoms with Crippen molar-refractivity contribution in [3.05, 3.63) is 23.8 Å². The van der Waals surface area contributed by atoms with Gasteiger partial charge in [0.05, 0.1) is 11.7 Å². The van der Waals surface area contributed by atoms with E-state index in [1.807, 2.05) is 38.1 Å². The average Bonchev–Trinajstić information content (AvgIpc) is 2.38. The number of hydrogen-bond donors (Lipinski definition) is 2. The fourth-order valence-electron chi connectivity index (χ4n) is 2.52. The number of nitrogen functional groups attached to an aromatic ring is 1. The molecule has 1 saturated heterocycles. The van der Waals surface area contributed by atoms with Gasteiger partial charge in [0.2, 0.25) is 0 Å². The van der Waals surface area contributed by atoms with Crippen LogP contribution in [0.3, 0.4) is 0 Å². The second kappa shape index (κ2) is 6.13. The fourth-order valence-corrected chi connectivity index (χ4v) is 2.52. The van der Waals surface area contributed by atoms with Crippen LogP contribution in [0, 0.1) is 0 Å². The Hall–Kier alpha value is -1.75. The molecule has 5 heteroatoms. The standard InChI is InChI=1S/C15H23N3O2/c1-10-8-12(6-7-20-10)17-15(19)13-9-11(16)4-5-14(13)18(2)3/h4-5,9-10,12H,6-8,16H2,1-3H3,(H,17,19). The molecule has 0 saturated carbocycles. The van der Waals surface area contributed by atoms with E-state index in [-0.39, 0.29) is 18.1 Å². The minimum absolute atomic E-state index is 0.0694. The van der Waals surface area contributed by atoms with Crippen LogP contribution in [0.5, 0.6) is 0 Å². The van der Waals surface area contributed by atoms with E-state index in [1.54, 1.807) is 6.07 Å². The molecule has 1 amide bonds. The lowest BCUT2D eigenvalue weighted by Gasteiger charge is -2.28. The largest absolute Gasteiger partial charge is 0.399 e. The first kappa shape index (κ1) is 14.7. The van der Waals surface area contributed by atoms with E-state index in [1.165, 1.54) is 0 Å². The van der Waals surface area contributed by atoms with Crippen molar-refractivity contribution in [2.45, 2.75) is 31.9 Å². The number of carbonyl (C=O) groups is 1. The Bertz CT molecular complexity index is 488. The van der Waals surface area contributed by atoms with Gasteiger partial charge in [-0.1, -0.05) is 0 Å². The third-order valence-electron chi connectivity index (χ3n) is 3.57. The van der Waals surface area contributed by atoms with Crippen LogP contribution in [-0.2, 0) is 4.74 Å². The lowest BCUT2D eigenvalue weighted by molar-refractivity contribution is 0.0136. The first-order valence-electron chi connectivity index (χ1n) is 6.96. The van der Waals surface area contributed by atoms with Gasteiger partial charge in [-0.3, -0.25) is 4.79 Å². The molecule has 2 atom stereocenters. The van der Waals surface area contributed by atoms with E-state index in [0.29, 0.717) is 17.9 Å². The molecule has 1 aromatic carbocycles. The van der Waals surface area contributed by atoms with E-state index in [2.05, 4.69) is 5.32 Å². The maximum absolute atomic E-state index is 12.5. The summed E-state index contributed by atoms with van der Waals surface area (Å²) >= 11 is 0. The molecule has 0 radical (unpaired) electrons. The Morgan fingerprint density at radius 1 is 1.45 bits per heavy atom. The maximum atomic E-state index is 12.5. The summed E-state index contributed by atoms with van der Waals surface area (Å²) in [6, 6.07) is 5.58. The van der Waals surface area contributed by atoms with Gasteiger partial charge in [-0.15, -0.1) is 0 Å². The van der Waals surface area contributed by atoms with E-state index in [4.69, 9.17) is 10.5 Å². The van der Waals surface area contributed by atoms with Crippen molar-refractivity contribution in [2.24, 2.45) is 0 Å². The third-order valence-corrected chi connectivity index (χ3v) is 3.57. The zero-order chi connectivity index (χ0) is 14.7. The van der Waals surface area contributed by atoms with Crippen LogP contribution < -0.4 is 16.0 Å². The molecule has 0 aliphatic carbocycles. The van der Waals surface area contributed by atoms with Crippen LogP contribution in [0.1, 0.15) is 30.1 Å². The predicted octanol–water partition coefficient (Wildman–Crippen LogP) is 1.63. The molecule has 110 valence electrons. The van der Waals surface area contributed by atoms with Gasteiger partial charge >= 0.3 is 0 Å². The molecule has 1 heterocycles. The number of nitrogens with two attached hydrogens (primary N) is 1. The van der Waals surface area contributed by atoms with Crippen molar-refractivity contribution in [1.82, 2.24) is 5.32 Å². The first-order chi connectivity index (χ1) is 9.47. The van der Waals surface area contributed by atoms with Gasteiger partial charge in [-0.25, -0.2) is 0 Å². The molecule has 1 aliphatic heterocycles. The van der Waals surface area contributed by atoms with Gasteiger partial charge in [0, 0.05) is 38.1 Å². The van der Waals surface area contributed by atoms with Crippen LogP contribution in [0.2, 0.25) is 0 Å². The zero-order valence-electron chi connectivity index (χ0n) is 12.3. The van der Waals surface area contributed by atoms with Gasteiger partial charge in [0.15, 0.2) is 0 Å². The van der Waals surface area contributed by atoms with Crippen LogP contribution in [0.4, 0.5) is 11.4 Å². The first-order valence-corrected chi connectivity index (χ1v) is 6.96. The van der Waals surface area contributed by atoms with Gasteiger partial charge in [0.1, 0.15) is 0 Å². The topological polar surface area (TPSA) is 67.6 Å². The normalized spacial score (nSPS) is 22.4. The van der Waals surface area contributed by atoms with E-state index in [9.17, 15) is 4.79 Å². The summed E-state index contributed by atoms with van der Waals surface area (Å²) < 4.78 is 5.50. The number of nitrogens with one attached hydrogen (secondary N) is 1. The monoisotopic (exact) mass is 277 g/mol. The molecule has 1 aromatic rings. The summed E-state index contributed by atoms with van der Waals surface area (Å²) in [6.07, 6.45) is 1.91. The van der Waals surface area contributed by atoms with E-state index >= 15 is 0 Å². The fraction of sp³-hybridized carbons (Fsp3) is 0.533. The molecule has 0 spiro atoms. The highest BCUT2D eigenvalue weighted by Gasteiger charge is 2.22. The van der Waals surface area contributed by atoms with Crippen LogP contribution in [0.15, 0.2) is 18.2 Å². The molecule has 2 rings (SSSR count). The third kappa shape index (κ3) is 3.42. The molecule has 1 aliphatic rings.